The zero-order chi connectivity index (χ0) is 13.4. The number of aliphatic hydroxyl groups is 1. The van der Waals surface area contributed by atoms with Gasteiger partial charge in [-0.2, -0.15) is 13.2 Å². The number of phenolic OH excluding ortho intramolecular Hbond substituents is 1. The van der Waals surface area contributed by atoms with Gasteiger partial charge in [0.1, 0.15) is 5.75 Å². The lowest BCUT2D eigenvalue weighted by molar-refractivity contribution is -0.210. The van der Waals surface area contributed by atoms with Crippen molar-refractivity contribution in [1.82, 2.24) is 0 Å². The number of phenols is 1. The molecule has 2 atom stereocenters. The number of alkyl halides is 3. The van der Waals surface area contributed by atoms with E-state index in [9.17, 15) is 18.3 Å². The maximum Gasteiger partial charge on any atom is 0.416 e. The molecule has 0 bridgehead atoms. The van der Waals surface area contributed by atoms with Gasteiger partial charge in [-0.15, -0.1) is 0 Å². The lowest BCUT2D eigenvalue weighted by Gasteiger charge is -2.22. The van der Waals surface area contributed by atoms with Gasteiger partial charge in [0.2, 0.25) is 0 Å². The first kappa shape index (κ1) is 15.2. The van der Waals surface area contributed by atoms with Crippen molar-refractivity contribution >= 4 is 45.2 Å². The highest BCUT2D eigenvalue weighted by Crippen LogP contribution is 2.33. The number of aliphatic hydroxyl groups excluding tert-OH is 1. The van der Waals surface area contributed by atoms with E-state index in [1.54, 1.807) is 45.2 Å². The molecule has 17 heavy (non-hydrogen) atoms. The maximum absolute atomic E-state index is 12.3. The van der Waals surface area contributed by atoms with Gasteiger partial charge in [-0.05, 0) is 62.9 Å². The van der Waals surface area contributed by atoms with Crippen molar-refractivity contribution < 1.29 is 23.4 Å². The Bertz CT molecular complexity index is 402. The number of halogens is 5. The summed E-state index contributed by atoms with van der Waals surface area (Å²) in [5.41, 5.74) is 5.48. The number of hydrogen-bond donors (Lipinski definition) is 3. The number of nitrogens with two attached hydrogens (primary N) is 1. The van der Waals surface area contributed by atoms with Crippen molar-refractivity contribution in [2.75, 3.05) is 0 Å². The average molecular weight is 473 g/mol. The predicted molar refractivity (Wildman–Crippen MR) is 72.5 cm³/mol. The van der Waals surface area contributed by atoms with E-state index < -0.39 is 18.3 Å². The molecular formula is C9H8F3I2NO2. The van der Waals surface area contributed by atoms with E-state index >= 15 is 0 Å². The molecule has 0 aliphatic rings. The summed E-state index contributed by atoms with van der Waals surface area (Å²) < 4.78 is 37.6. The van der Waals surface area contributed by atoms with Gasteiger partial charge >= 0.3 is 6.18 Å². The zero-order valence-corrected chi connectivity index (χ0v) is 12.5. The van der Waals surface area contributed by atoms with Crippen molar-refractivity contribution in [3.8, 4) is 5.75 Å². The summed E-state index contributed by atoms with van der Waals surface area (Å²) in [4.78, 5) is 0. The normalized spacial score (nSPS) is 15.7. The minimum Gasteiger partial charge on any atom is -0.506 e. The predicted octanol–water partition coefficient (Wildman–Crippen LogP) is 2.52. The van der Waals surface area contributed by atoms with Gasteiger partial charge < -0.3 is 15.9 Å². The number of rotatable bonds is 2. The highest BCUT2D eigenvalue weighted by Gasteiger charge is 2.42. The minimum absolute atomic E-state index is 0.0105. The topological polar surface area (TPSA) is 66.5 Å². The second-order valence-electron chi connectivity index (χ2n) is 3.35. The monoisotopic (exact) mass is 473 g/mol. The van der Waals surface area contributed by atoms with Gasteiger partial charge in [0, 0.05) is 0 Å². The fourth-order valence-corrected chi connectivity index (χ4v) is 2.98. The third-order valence-electron chi connectivity index (χ3n) is 2.10. The van der Waals surface area contributed by atoms with Crippen molar-refractivity contribution in [1.29, 1.82) is 0 Å². The Labute approximate surface area is 122 Å². The van der Waals surface area contributed by atoms with Crippen LogP contribution in [0.1, 0.15) is 11.6 Å². The largest absolute Gasteiger partial charge is 0.506 e. The first-order valence-electron chi connectivity index (χ1n) is 4.33. The first-order chi connectivity index (χ1) is 7.64. The fraction of sp³-hybridized carbons (Fsp3) is 0.333. The Morgan fingerprint density at radius 2 is 1.59 bits per heavy atom. The van der Waals surface area contributed by atoms with Crippen LogP contribution in [0.2, 0.25) is 0 Å². The van der Waals surface area contributed by atoms with E-state index in [2.05, 4.69) is 0 Å². The maximum atomic E-state index is 12.3. The molecule has 0 unspecified atom stereocenters. The zero-order valence-electron chi connectivity index (χ0n) is 8.17. The van der Waals surface area contributed by atoms with Gasteiger partial charge in [-0.25, -0.2) is 0 Å². The molecule has 3 nitrogen and oxygen atoms in total. The second kappa shape index (κ2) is 5.45. The van der Waals surface area contributed by atoms with Crippen LogP contribution in [-0.4, -0.2) is 22.5 Å². The van der Waals surface area contributed by atoms with E-state index in [1.807, 2.05) is 0 Å². The fourth-order valence-electron chi connectivity index (χ4n) is 1.16. The number of benzene rings is 1. The Morgan fingerprint density at radius 1 is 1.18 bits per heavy atom. The lowest BCUT2D eigenvalue weighted by atomic mass is 10.0. The number of hydrogen-bond acceptors (Lipinski definition) is 3. The van der Waals surface area contributed by atoms with E-state index in [4.69, 9.17) is 10.8 Å². The summed E-state index contributed by atoms with van der Waals surface area (Å²) in [7, 11) is 0. The third kappa shape index (κ3) is 3.58. The van der Waals surface area contributed by atoms with Crippen LogP contribution in [0.5, 0.6) is 5.75 Å². The second-order valence-corrected chi connectivity index (χ2v) is 5.67. The van der Waals surface area contributed by atoms with Crippen molar-refractivity contribution in [3.05, 3.63) is 24.8 Å². The van der Waals surface area contributed by atoms with Crippen molar-refractivity contribution in [2.24, 2.45) is 5.73 Å². The summed E-state index contributed by atoms with van der Waals surface area (Å²) >= 11 is 3.56. The molecule has 4 N–H and O–H groups in total. The summed E-state index contributed by atoms with van der Waals surface area (Å²) in [6, 6.07) is 1.06. The molecule has 0 heterocycles. The van der Waals surface area contributed by atoms with E-state index in [0.717, 1.165) is 0 Å². The molecule has 0 fully saturated rings. The third-order valence-corrected chi connectivity index (χ3v) is 3.74. The lowest BCUT2D eigenvalue weighted by Crippen LogP contribution is -2.38. The Morgan fingerprint density at radius 3 is 1.94 bits per heavy atom. The van der Waals surface area contributed by atoms with Gasteiger partial charge in [-0.1, -0.05) is 0 Å². The van der Waals surface area contributed by atoms with E-state index in [1.165, 1.54) is 12.1 Å². The Kier molecular flexibility index (Phi) is 4.88. The highest BCUT2D eigenvalue weighted by molar-refractivity contribution is 14.1. The van der Waals surface area contributed by atoms with Crippen LogP contribution < -0.4 is 5.73 Å². The van der Waals surface area contributed by atoms with Crippen LogP contribution in [0.4, 0.5) is 13.2 Å². The standard InChI is InChI=1S/C9H8F3I2NO2/c10-9(11,12)8(17)6(15)3-1-4(13)7(16)5(14)2-3/h1-2,6,8,16-17H,15H2/t6-,8-/m1/s1. The molecule has 8 heteroatoms. The average Bonchev–Trinajstić information content (AvgIpc) is 2.21. The van der Waals surface area contributed by atoms with Crippen LogP contribution in [0, 0.1) is 7.14 Å². The Balaban J connectivity index is 3.09. The van der Waals surface area contributed by atoms with Gasteiger partial charge in [-0.3, -0.25) is 0 Å². The molecule has 1 rings (SSSR count). The smallest absolute Gasteiger partial charge is 0.416 e. The molecule has 0 saturated carbocycles. The molecule has 0 spiro atoms. The summed E-state index contributed by atoms with van der Waals surface area (Å²) in [5.74, 6) is -0.0105. The van der Waals surface area contributed by atoms with Gasteiger partial charge in [0.05, 0.1) is 13.2 Å². The minimum atomic E-state index is -4.77. The summed E-state index contributed by atoms with van der Waals surface area (Å²) in [6.07, 6.45) is -7.40. The molecule has 0 radical (unpaired) electrons. The van der Waals surface area contributed by atoms with Crippen molar-refractivity contribution in [2.45, 2.75) is 18.3 Å². The van der Waals surface area contributed by atoms with Crippen LogP contribution in [0.3, 0.4) is 0 Å². The SMILES string of the molecule is N[C@H](c1cc(I)c(O)c(I)c1)[C@@H](O)C(F)(F)F. The molecule has 0 aromatic heterocycles. The van der Waals surface area contributed by atoms with Gasteiger partial charge in [0.15, 0.2) is 6.10 Å². The van der Waals surface area contributed by atoms with Crippen molar-refractivity contribution in [3.63, 3.8) is 0 Å². The Hall–Kier alpha value is 0.190. The molecule has 96 valence electrons. The summed E-state index contributed by atoms with van der Waals surface area (Å²) in [5, 5.41) is 18.5. The molecule has 0 amide bonds. The molecule has 1 aromatic carbocycles. The summed E-state index contributed by atoms with van der Waals surface area (Å²) in [6.45, 7) is 0. The highest BCUT2D eigenvalue weighted by atomic mass is 127. The van der Waals surface area contributed by atoms with Crippen LogP contribution in [0.15, 0.2) is 12.1 Å². The van der Waals surface area contributed by atoms with E-state index in [0.29, 0.717) is 7.14 Å². The van der Waals surface area contributed by atoms with Crippen LogP contribution in [0.25, 0.3) is 0 Å². The van der Waals surface area contributed by atoms with Gasteiger partial charge in [0.25, 0.3) is 0 Å². The molecule has 1 aromatic rings. The van der Waals surface area contributed by atoms with E-state index in [-0.39, 0.29) is 11.3 Å². The molecule has 0 aliphatic heterocycles. The molecule has 0 aliphatic carbocycles. The molecular weight excluding hydrogens is 465 g/mol. The number of aromatic hydroxyl groups is 1. The molecule has 0 saturated heterocycles. The quantitative estimate of drug-likeness (QED) is 0.579. The van der Waals surface area contributed by atoms with Crippen LogP contribution >= 0.6 is 45.2 Å². The first-order valence-corrected chi connectivity index (χ1v) is 6.48. The van der Waals surface area contributed by atoms with Crippen LogP contribution in [-0.2, 0) is 0 Å².